The molecule has 1 saturated carbocycles. The van der Waals surface area contributed by atoms with Crippen LogP contribution in [0.15, 0.2) is 30.3 Å². The Morgan fingerprint density at radius 2 is 2.17 bits per heavy atom. The number of carbonyl (C=O) groups excluding carboxylic acids is 1. The molecule has 1 heterocycles. The molecule has 5 N–H and O–H groups in total. The van der Waals surface area contributed by atoms with Crippen LogP contribution in [0.5, 0.6) is 0 Å². The molecule has 0 bridgehead atoms. The molecule has 1 aliphatic carbocycles. The highest BCUT2D eigenvalue weighted by Gasteiger charge is 2.26. The summed E-state index contributed by atoms with van der Waals surface area (Å²) >= 11 is 0. The first-order chi connectivity index (χ1) is 11.5. The zero-order valence-electron chi connectivity index (χ0n) is 13.5. The number of hydrogen-bond donors (Lipinski definition) is 4. The van der Waals surface area contributed by atoms with Crippen molar-refractivity contribution in [1.82, 2.24) is 9.97 Å². The zero-order valence-corrected chi connectivity index (χ0v) is 13.5. The number of carbonyl (C=O) groups is 1. The van der Waals surface area contributed by atoms with Crippen LogP contribution in [-0.4, -0.2) is 33.6 Å². The number of nitrogens with one attached hydrogen (secondary N) is 2. The van der Waals surface area contributed by atoms with Gasteiger partial charge in [-0.1, -0.05) is 6.07 Å². The maximum atomic E-state index is 12.4. The van der Waals surface area contributed by atoms with Gasteiger partial charge in [-0.05, 0) is 38.0 Å². The first kappa shape index (κ1) is 16.2. The number of nitrogens with zero attached hydrogens (tertiary/aromatic N) is 2. The van der Waals surface area contributed by atoms with Crippen molar-refractivity contribution < 1.29 is 9.90 Å². The van der Waals surface area contributed by atoms with Crippen molar-refractivity contribution in [3.8, 4) is 0 Å². The molecule has 3 rings (SSSR count). The molecule has 0 spiro atoms. The van der Waals surface area contributed by atoms with Crippen molar-refractivity contribution in [2.24, 2.45) is 0 Å². The molecule has 1 atom stereocenters. The second-order valence-electron chi connectivity index (χ2n) is 6.08. The van der Waals surface area contributed by atoms with E-state index in [-0.39, 0.29) is 18.6 Å². The van der Waals surface area contributed by atoms with Gasteiger partial charge in [0.05, 0.1) is 12.3 Å². The number of anilines is 3. The van der Waals surface area contributed by atoms with Crippen LogP contribution in [0.3, 0.4) is 0 Å². The summed E-state index contributed by atoms with van der Waals surface area (Å²) in [5, 5.41) is 15.0. The highest BCUT2D eigenvalue weighted by atomic mass is 16.3. The quantitative estimate of drug-likeness (QED) is 0.603. The van der Waals surface area contributed by atoms with E-state index in [0.717, 1.165) is 18.5 Å². The van der Waals surface area contributed by atoms with E-state index in [0.29, 0.717) is 28.9 Å². The monoisotopic (exact) mass is 327 g/mol. The first-order valence-electron chi connectivity index (χ1n) is 7.98. The summed E-state index contributed by atoms with van der Waals surface area (Å²) in [4.78, 5) is 21.2. The minimum absolute atomic E-state index is 0.0258. The van der Waals surface area contributed by atoms with Gasteiger partial charge in [0.1, 0.15) is 5.82 Å². The van der Waals surface area contributed by atoms with Crippen molar-refractivity contribution in [2.75, 3.05) is 23.0 Å². The van der Waals surface area contributed by atoms with Crippen molar-refractivity contribution >= 4 is 23.4 Å². The standard InChI is InChI=1S/C17H21N5O2/c1-10(9-23)19-17-20-14(11-5-6-11)8-15(22-17)21-16(24)12-3-2-4-13(18)7-12/h2-4,7-8,10-11,23H,5-6,9,18H2,1H3,(H2,19,20,21,22,24)/t10-/m1/s1. The van der Waals surface area contributed by atoms with Gasteiger partial charge in [-0.15, -0.1) is 0 Å². The molecule has 1 aliphatic rings. The molecule has 126 valence electrons. The van der Waals surface area contributed by atoms with Gasteiger partial charge in [0.25, 0.3) is 5.91 Å². The van der Waals surface area contributed by atoms with E-state index >= 15 is 0 Å². The van der Waals surface area contributed by atoms with E-state index in [4.69, 9.17) is 5.73 Å². The summed E-state index contributed by atoms with van der Waals surface area (Å²) < 4.78 is 0. The largest absolute Gasteiger partial charge is 0.399 e. The Kier molecular flexibility index (Phi) is 4.61. The lowest BCUT2D eigenvalue weighted by Crippen LogP contribution is -2.22. The van der Waals surface area contributed by atoms with Crippen LogP contribution < -0.4 is 16.4 Å². The Bertz CT molecular complexity index is 746. The van der Waals surface area contributed by atoms with Gasteiger partial charge in [-0.3, -0.25) is 4.79 Å². The molecular weight excluding hydrogens is 306 g/mol. The fraction of sp³-hybridized carbons (Fsp3) is 0.353. The predicted molar refractivity (Wildman–Crippen MR) is 93.0 cm³/mol. The fourth-order valence-electron chi connectivity index (χ4n) is 2.32. The zero-order chi connectivity index (χ0) is 17.1. The second-order valence-corrected chi connectivity index (χ2v) is 6.08. The topological polar surface area (TPSA) is 113 Å². The van der Waals surface area contributed by atoms with Crippen molar-refractivity contribution in [2.45, 2.75) is 31.7 Å². The van der Waals surface area contributed by atoms with Crippen LogP contribution in [0, 0.1) is 0 Å². The number of rotatable bonds is 6. The Morgan fingerprint density at radius 3 is 2.83 bits per heavy atom. The minimum atomic E-state index is -0.274. The van der Waals surface area contributed by atoms with Gasteiger partial charge < -0.3 is 21.5 Å². The summed E-state index contributed by atoms with van der Waals surface area (Å²) in [5.74, 6) is 0.987. The van der Waals surface area contributed by atoms with E-state index in [9.17, 15) is 9.90 Å². The smallest absolute Gasteiger partial charge is 0.256 e. The van der Waals surface area contributed by atoms with Crippen LogP contribution in [-0.2, 0) is 0 Å². The Hall–Kier alpha value is -2.67. The molecule has 2 aromatic rings. The highest BCUT2D eigenvalue weighted by Crippen LogP contribution is 2.39. The summed E-state index contributed by atoms with van der Waals surface area (Å²) in [7, 11) is 0. The molecule has 1 fully saturated rings. The summed E-state index contributed by atoms with van der Waals surface area (Å²) in [5.41, 5.74) is 7.62. The van der Waals surface area contributed by atoms with E-state index in [1.54, 1.807) is 30.3 Å². The van der Waals surface area contributed by atoms with Gasteiger partial charge in [0.15, 0.2) is 0 Å². The SMILES string of the molecule is C[C@H](CO)Nc1nc(NC(=O)c2cccc(N)c2)cc(C2CC2)n1. The molecule has 0 radical (unpaired) electrons. The Morgan fingerprint density at radius 1 is 1.38 bits per heavy atom. The molecule has 0 unspecified atom stereocenters. The lowest BCUT2D eigenvalue weighted by molar-refractivity contribution is 0.102. The van der Waals surface area contributed by atoms with Crippen molar-refractivity contribution in [3.63, 3.8) is 0 Å². The predicted octanol–water partition coefficient (Wildman–Crippen LogP) is 1.98. The van der Waals surface area contributed by atoms with Crippen LogP contribution in [0.25, 0.3) is 0 Å². The molecule has 1 aromatic heterocycles. The number of hydrogen-bond acceptors (Lipinski definition) is 6. The number of nitrogens with two attached hydrogens (primary N) is 1. The fourth-order valence-corrected chi connectivity index (χ4v) is 2.32. The van der Waals surface area contributed by atoms with Gasteiger partial charge in [-0.25, -0.2) is 4.98 Å². The first-order valence-corrected chi connectivity index (χ1v) is 7.98. The molecule has 1 aromatic carbocycles. The lowest BCUT2D eigenvalue weighted by atomic mass is 10.2. The third kappa shape index (κ3) is 3.99. The third-order valence-corrected chi connectivity index (χ3v) is 3.78. The number of amides is 1. The van der Waals surface area contributed by atoms with Crippen LogP contribution in [0.2, 0.25) is 0 Å². The van der Waals surface area contributed by atoms with Gasteiger partial charge >= 0.3 is 0 Å². The number of aliphatic hydroxyl groups excluding tert-OH is 1. The van der Waals surface area contributed by atoms with Crippen LogP contribution in [0.1, 0.15) is 41.7 Å². The average molecular weight is 327 g/mol. The van der Waals surface area contributed by atoms with E-state index < -0.39 is 0 Å². The molecule has 7 heteroatoms. The summed E-state index contributed by atoms with van der Waals surface area (Å²) in [6, 6.07) is 8.40. The van der Waals surface area contributed by atoms with Gasteiger partial charge in [0.2, 0.25) is 5.95 Å². The molecular formula is C17H21N5O2. The van der Waals surface area contributed by atoms with Crippen LogP contribution in [0.4, 0.5) is 17.5 Å². The van der Waals surface area contributed by atoms with Crippen molar-refractivity contribution in [1.29, 1.82) is 0 Å². The van der Waals surface area contributed by atoms with E-state index in [1.807, 2.05) is 6.92 Å². The van der Waals surface area contributed by atoms with Gasteiger partial charge in [0, 0.05) is 29.3 Å². The maximum absolute atomic E-state index is 12.4. The second kappa shape index (κ2) is 6.84. The normalized spacial score (nSPS) is 14.9. The Labute approximate surface area is 140 Å². The summed E-state index contributed by atoms with van der Waals surface area (Å²) in [6.07, 6.45) is 2.18. The maximum Gasteiger partial charge on any atom is 0.256 e. The highest BCUT2D eigenvalue weighted by molar-refractivity contribution is 6.04. The van der Waals surface area contributed by atoms with Crippen molar-refractivity contribution in [3.05, 3.63) is 41.6 Å². The third-order valence-electron chi connectivity index (χ3n) is 3.78. The molecule has 0 saturated heterocycles. The number of nitrogen functional groups attached to an aromatic ring is 1. The van der Waals surface area contributed by atoms with E-state index in [1.165, 1.54) is 0 Å². The lowest BCUT2D eigenvalue weighted by Gasteiger charge is -2.13. The average Bonchev–Trinajstić information content (AvgIpc) is 3.39. The Balaban J connectivity index is 1.82. The molecule has 24 heavy (non-hydrogen) atoms. The minimum Gasteiger partial charge on any atom is -0.399 e. The molecule has 0 aliphatic heterocycles. The number of benzene rings is 1. The van der Waals surface area contributed by atoms with E-state index in [2.05, 4.69) is 20.6 Å². The van der Waals surface area contributed by atoms with Gasteiger partial charge in [-0.2, -0.15) is 4.98 Å². The molecule has 1 amide bonds. The van der Waals surface area contributed by atoms with Crippen LogP contribution >= 0.6 is 0 Å². The number of aromatic nitrogens is 2. The summed E-state index contributed by atoms with van der Waals surface area (Å²) in [6.45, 7) is 1.81. The molecule has 7 nitrogen and oxygen atoms in total. The number of aliphatic hydroxyl groups is 1.